The van der Waals surface area contributed by atoms with E-state index in [0.29, 0.717) is 108 Å². The van der Waals surface area contributed by atoms with Gasteiger partial charge in [0.25, 0.3) is 11.8 Å². The van der Waals surface area contributed by atoms with Gasteiger partial charge in [-0.3, -0.25) is 43.9 Å². The Balaban J connectivity index is 0.611. The Kier molecular flexibility index (Phi) is 15.6. The number of ketones is 1. The van der Waals surface area contributed by atoms with E-state index in [9.17, 15) is 34.0 Å². The first kappa shape index (κ1) is 50.6. The summed E-state index contributed by atoms with van der Waals surface area (Å²) in [5, 5.41) is 12.6. The maximum atomic E-state index is 14.1. The van der Waals surface area contributed by atoms with Gasteiger partial charge in [-0.2, -0.15) is 5.26 Å². The Morgan fingerprint density at radius 3 is 2.14 bits per heavy atom. The molecule has 1 aromatic heterocycles. The van der Waals surface area contributed by atoms with Crippen molar-refractivity contribution >= 4 is 51.9 Å². The molecule has 3 fully saturated rings. The Morgan fingerprint density at radius 2 is 1.46 bits per heavy atom. The molecule has 9 rings (SSSR count). The third kappa shape index (κ3) is 10.3. The van der Waals surface area contributed by atoms with Crippen molar-refractivity contribution in [3.05, 3.63) is 98.7 Å². The number of nitrogens with zero attached hydrogens (tertiary/aromatic N) is 5. The van der Waals surface area contributed by atoms with Gasteiger partial charge in [0.1, 0.15) is 6.04 Å². The van der Waals surface area contributed by atoms with Crippen molar-refractivity contribution < 1.29 is 47.7 Å². The largest absolute Gasteiger partial charge is 0.379 e. The maximum absolute atomic E-state index is 14.1. The van der Waals surface area contributed by atoms with E-state index in [1.807, 2.05) is 17.0 Å². The number of aromatic amines is 1. The number of carbonyl (C=O) groups is 6. The first-order valence-corrected chi connectivity index (χ1v) is 25.6. The number of amides is 5. The molecule has 5 heterocycles. The molecule has 380 valence electrons. The molecule has 1 aliphatic carbocycles. The highest BCUT2D eigenvalue weighted by Gasteiger charge is 2.46. The van der Waals surface area contributed by atoms with Crippen LogP contribution in [-0.4, -0.2) is 159 Å². The molecule has 17 heteroatoms. The Bertz CT molecular complexity index is 2780. The van der Waals surface area contributed by atoms with Gasteiger partial charge in [-0.15, -0.1) is 0 Å². The van der Waals surface area contributed by atoms with E-state index >= 15 is 0 Å². The number of ether oxygens (including phenoxy) is 4. The number of nitrogens with one attached hydrogen (secondary N) is 2. The zero-order valence-electron chi connectivity index (χ0n) is 41.6. The van der Waals surface area contributed by atoms with Crippen LogP contribution in [0.2, 0.25) is 0 Å². The summed E-state index contributed by atoms with van der Waals surface area (Å²) < 4.78 is 22.7. The summed E-state index contributed by atoms with van der Waals surface area (Å²) in [5.74, 6) is -1.90. The van der Waals surface area contributed by atoms with Crippen molar-refractivity contribution in [1.29, 1.82) is 5.26 Å². The van der Waals surface area contributed by atoms with Crippen molar-refractivity contribution in [1.82, 2.24) is 25.0 Å². The SMILES string of the molecule is CCc1cc2c(cc1N1CCC(N3CCN(C(=O)CCOCCOCCOCCOCCCc4cccc5c4C(=O)N(C4CCC(=O)NC4=O)C5=O)CC3)CC1)C(C)(C)c1[nH]c3cc(C#N)ccc3c1C2=O. The number of aromatic nitrogens is 1. The second-order valence-electron chi connectivity index (χ2n) is 19.8. The molecule has 0 radical (unpaired) electrons. The number of carbonyl (C=O) groups excluding carboxylic acids is 6. The minimum Gasteiger partial charge on any atom is -0.379 e. The van der Waals surface area contributed by atoms with Gasteiger partial charge in [-0.25, -0.2) is 0 Å². The van der Waals surface area contributed by atoms with E-state index in [1.165, 1.54) is 11.3 Å². The number of rotatable bonds is 20. The molecule has 1 atom stereocenters. The van der Waals surface area contributed by atoms with Crippen LogP contribution in [-0.2, 0) is 51.6 Å². The Hall–Kier alpha value is -6.29. The topological polar surface area (TPSA) is 204 Å². The lowest BCUT2D eigenvalue weighted by molar-refractivity contribution is -0.136. The Labute approximate surface area is 420 Å². The summed E-state index contributed by atoms with van der Waals surface area (Å²) in [6, 6.07) is 16.7. The van der Waals surface area contributed by atoms with Crippen LogP contribution in [0.1, 0.15) is 124 Å². The molecule has 5 aliphatic rings. The fourth-order valence-electron chi connectivity index (χ4n) is 11.2. The monoisotopic (exact) mass is 983 g/mol. The van der Waals surface area contributed by atoms with Crippen molar-refractivity contribution in [3.8, 4) is 6.07 Å². The van der Waals surface area contributed by atoms with Gasteiger partial charge in [0, 0.05) is 91.6 Å². The van der Waals surface area contributed by atoms with Gasteiger partial charge < -0.3 is 33.7 Å². The van der Waals surface area contributed by atoms with Crippen molar-refractivity contribution in [2.24, 2.45) is 0 Å². The van der Waals surface area contributed by atoms with Gasteiger partial charge in [0.15, 0.2) is 5.78 Å². The normalized spacial score (nSPS) is 19.2. The van der Waals surface area contributed by atoms with E-state index < -0.39 is 35.1 Å². The smallest absolute Gasteiger partial charge is 0.262 e. The molecule has 2 N–H and O–H groups in total. The number of nitriles is 1. The lowest BCUT2D eigenvalue weighted by Gasteiger charge is -2.44. The van der Waals surface area contributed by atoms with Crippen LogP contribution in [0.3, 0.4) is 0 Å². The standard InChI is InChI=1S/C55H65N7O10/c1-4-36-32-41-42(55(2,3)51-49(50(41)65)39-11-10-35(34-56)31-43(39)57-51)33-45(36)60-17-14-38(15-18-60)59-19-21-61(22-20-59)47(64)16-24-70-26-28-72-30-29-71-27-25-69-23-6-8-37-7-5-9-40-48(37)54(68)62(53(40)67)44-12-13-46(63)58-52(44)66/h5,7,9-11,31-33,38,44,57H,4,6,8,12-30H2,1-3H3,(H,58,63,66). The highest BCUT2D eigenvalue weighted by Crippen LogP contribution is 2.46. The second-order valence-corrected chi connectivity index (χ2v) is 19.8. The van der Waals surface area contributed by atoms with Crippen LogP contribution in [0.25, 0.3) is 10.9 Å². The van der Waals surface area contributed by atoms with Crippen molar-refractivity contribution in [2.45, 2.75) is 89.6 Å². The number of benzene rings is 3. The maximum Gasteiger partial charge on any atom is 0.262 e. The van der Waals surface area contributed by atoms with E-state index in [1.54, 1.807) is 24.3 Å². The molecule has 0 spiro atoms. The fraction of sp³-hybridized carbons (Fsp3) is 0.509. The minimum atomic E-state index is -0.995. The highest BCUT2D eigenvalue weighted by molar-refractivity contribution is 6.24. The number of imide groups is 2. The number of anilines is 1. The number of piperidine rings is 2. The van der Waals surface area contributed by atoms with Crippen LogP contribution in [0.5, 0.6) is 0 Å². The summed E-state index contributed by atoms with van der Waals surface area (Å²) >= 11 is 0. The average molecular weight is 984 g/mol. The summed E-state index contributed by atoms with van der Waals surface area (Å²) in [4.78, 5) is 89.1. The summed E-state index contributed by atoms with van der Waals surface area (Å²) in [5.41, 5.74) is 8.08. The van der Waals surface area contributed by atoms with Crippen LogP contribution in [0.4, 0.5) is 5.69 Å². The summed E-state index contributed by atoms with van der Waals surface area (Å²) in [7, 11) is 0. The lowest BCUT2D eigenvalue weighted by atomic mass is 9.70. The number of piperazine rings is 1. The lowest BCUT2D eigenvalue weighted by Crippen LogP contribution is -2.54. The molecule has 3 saturated heterocycles. The number of H-pyrrole nitrogens is 1. The molecule has 3 aromatic carbocycles. The van der Waals surface area contributed by atoms with Crippen LogP contribution < -0.4 is 10.2 Å². The van der Waals surface area contributed by atoms with Crippen LogP contribution >= 0.6 is 0 Å². The van der Waals surface area contributed by atoms with E-state index in [2.05, 4.69) is 59.1 Å². The minimum absolute atomic E-state index is 0.0394. The third-order valence-electron chi connectivity index (χ3n) is 15.2. The molecule has 4 aliphatic heterocycles. The van der Waals surface area contributed by atoms with Crippen LogP contribution in [0, 0.1) is 11.3 Å². The zero-order valence-corrected chi connectivity index (χ0v) is 41.6. The molecular formula is C55H65N7O10. The Morgan fingerprint density at radius 1 is 0.764 bits per heavy atom. The molecule has 5 amide bonds. The number of hydrogen-bond donors (Lipinski definition) is 2. The van der Waals surface area contributed by atoms with Crippen molar-refractivity contribution in [3.63, 3.8) is 0 Å². The molecular weight excluding hydrogens is 919 g/mol. The van der Waals surface area contributed by atoms with Gasteiger partial charge >= 0.3 is 0 Å². The summed E-state index contributed by atoms with van der Waals surface area (Å²) in [6.07, 6.45) is 4.56. The number of fused-ring (bicyclic) bond motifs is 5. The molecule has 4 aromatic rings. The first-order chi connectivity index (χ1) is 34.9. The zero-order chi connectivity index (χ0) is 50.5. The molecule has 1 unspecified atom stereocenters. The summed E-state index contributed by atoms with van der Waals surface area (Å²) in [6.45, 7) is 14.7. The van der Waals surface area contributed by atoms with Gasteiger partial charge in [0.2, 0.25) is 17.7 Å². The molecule has 0 bridgehead atoms. The second kappa shape index (κ2) is 22.2. The van der Waals surface area contributed by atoms with Gasteiger partial charge in [-0.1, -0.05) is 39.0 Å². The van der Waals surface area contributed by atoms with Crippen molar-refractivity contribution in [2.75, 3.05) is 97.0 Å². The van der Waals surface area contributed by atoms with E-state index in [4.69, 9.17) is 18.9 Å². The third-order valence-corrected chi connectivity index (χ3v) is 15.2. The van der Waals surface area contributed by atoms with E-state index in [-0.39, 0.29) is 30.1 Å². The molecule has 0 saturated carbocycles. The van der Waals surface area contributed by atoms with Gasteiger partial charge in [0.05, 0.1) is 81.0 Å². The van der Waals surface area contributed by atoms with Crippen LogP contribution in [0.15, 0.2) is 48.5 Å². The molecule has 17 nitrogen and oxygen atoms in total. The predicted octanol–water partition coefficient (Wildman–Crippen LogP) is 5.08. The quantitative estimate of drug-likeness (QED) is 0.0878. The van der Waals surface area contributed by atoms with E-state index in [0.717, 1.165) is 83.6 Å². The molecule has 72 heavy (non-hydrogen) atoms. The predicted molar refractivity (Wildman–Crippen MR) is 267 cm³/mol. The number of hydrogen-bond acceptors (Lipinski definition) is 13. The van der Waals surface area contributed by atoms with Gasteiger partial charge in [-0.05, 0) is 85.5 Å². The number of aryl methyl sites for hydroxylation is 2. The fourth-order valence-corrected chi connectivity index (χ4v) is 11.2. The average Bonchev–Trinajstić information content (AvgIpc) is 3.91. The highest BCUT2D eigenvalue weighted by atomic mass is 16.6. The first-order valence-electron chi connectivity index (χ1n) is 25.6.